The van der Waals surface area contributed by atoms with Gasteiger partial charge >= 0.3 is 6.09 Å². The number of benzene rings is 1. The number of carbonyl (C=O) groups is 2. The number of nitrogens with zero attached hydrogens (tertiary/aromatic N) is 2. The predicted octanol–water partition coefficient (Wildman–Crippen LogP) is 1.35. The second-order valence-electron chi connectivity index (χ2n) is 4.79. The van der Waals surface area contributed by atoms with Crippen LogP contribution >= 0.6 is 0 Å². The van der Waals surface area contributed by atoms with Crippen LogP contribution in [0.25, 0.3) is 0 Å². The minimum absolute atomic E-state index is 0.160. The number of carbonyl (C=O) groups excluding carboxylic acids is 2. The zero-order valence-corrected chi connectivity index (χ0v) is 11.9. The van der Waals surface area contributed by atoms with Gasteiger partial charge in [0.1, 0.15) is 6.10 Å². The summed E-state index contributed by atoms with van der Waals surface area (Å²) in [5, 5.41) is 14.5. The van der Waals surface area contributed by atoms with Crippen molar-refractivity contribution in [3.8, 4) is 0 Å². The van der Waals surface area contributed by atoms with Gasteiger partial charge in [0.05, 0.1) is 18.8 Å². The van der Waals surface area contributed by atoms with Crippen molar-refractivity contribution in [1.29, 1.82) is 0 Å². The molecule has 1 aliphatic rings. The van der Waals surface area contributed by atoms with Crippen molar-refractivity contribution in [1.82, 2.24) is 5.32 Å². The summed E-state index contributed by atoms with van der Waals surface area (Å²) in [5.74, 6) is -0.160. The molecule has 0 spiro atoms. The molecule has 2 amide bonds. The van der Waals surface area contributed by atoms with Crippen molar-refractivity contribution in [2.75, 3.05) is 18.0 Å². The molecule has 1 aliphatic heterocycles. The highest BCUT2D eigenvalue weighted by molar-refractivity contribution is 5.99. The van der Waals surface area contributed by atoms with Crippen LogP contribution in [0.15, 0.2) is 29.4 Å². The zero-order chi connectivity index (χ0) is 15.4. The molecule has 0 unspecified atom stereocenters. The number of nitrogens with one attached hydrogen (secondary N) is 1. The molecule has 1 fully saturated rings. The molecule has 2 N–H and O–H groups in total. The summed E-state index contributed by atoms with van der Waals surface area (Å²) >= 11 is 0. The Hall–Kier alpha value is -2.57. The van der Waals surface area contributed by atoms with Gasteiger partial charge in [-0.3, -0.25) is 9.69 Å². The first kappa shape index (κ1) is 14.8. The van der Waals surface area contributed by atoms with Crippen LogP contribution in [0.4, 0.5) is 10.5 Å². The number of rotatable bonds is 4. The van der Waals surface area contributed by atoms with E-state index in [1.54, 1.807) is 31.2 Å². The van der Waals surface area contributed by atoms with E-state index in [9.17, 15) is 9.59 Å². The number of cyclic esters (lactones) is 1. The number of anilines is 1. The Labute approximate surface area is 122 Å². The maximum atomic E-state index is 11.8. The molecule has 7 heteroatoms. The van der Waals surface area contributed by atoms with Gasteiger partial charge < -0.3 is 15.3 Å². The number of ether oxygens (including phenoxy) is 1. The maximum absolute atomic E-state index is 11.8. The van der Waals surface area contributed by atoms with E-state index >= 15 is 0 Å². The Morgan fingerprint density at radius 3 is 2.67 bits per heavy atom. The number of oxime groups is 1. The van der Waals surface area contributed by atoms with Crippen LogP contribution in [0, 0.1) is 0 Å². The fourth-order valence-corrected chi connectivity index (χ4v) is 2.04. The minimum atomic E-state index is -0.439. The lowest BCUT2D eigenvalue weighted by Gasteiger charge is -2.13. The van der Waals surface area contributed by atoms with Crippen LogP contribution in [0.1, 0.15) is 19.4 Å². The molecular formula is C14H17N3O4. The first-order valence-electron chi connectivity index (χ1n) is 6.53. The molecule has 1 aromatic rings. The van der Waals surface area contributed by atoms with Gasteiger partial charge in [-0.25, -0.2) is 4.79 Å². The second-order valence-corrected chi connectivity index (χ2v) is 4.79. The minimum Gasteiger partial charge on any atom is -0.442 e. The zero-order valence-electron chi connectivity index (χ0n) is 11.9. The lowest BCUT2D eigenvalue weighted by Crippen LogP contribution is -2.33. The van der Waals surface area contributed by atoms with Crippen LogP contribution < -0.4 is 10.2 Å². The molecule has 7 nitrogen and oxygen atoms in total. The lowest BCUT2D eigenvalue weighted by atomic mass is 10.1. The monoisotopic (exact) mass is 291 g/mol. The molecule has 2 rings (SSSR count). The fourth-order valence-electron chi connectivity index (χ4n) is 2.04. The largest absolute Gasteiger partial charge is 0.442 e. The molecular weight excluding hydrogens is 274 g/mol. The summed E-state index contributed by atoms with van der Waals surface area (Å²) in [6.07, 6.45) is -0.799. The van der Waals surface area contributed by atoms with E-state index in [0.717, 1.165) is 5.56 Å². The SMILES string of the molecule is CC(=O)NC[C@H]1CN(c2ccc(/C(C)=N\O)cc2)C(=O)O1. The predicted molar refractivity (Wildman–Crippen MR) is 76.7 cm³/mol. The van der Waals surface area contributed by atoms with Crippen LogP contribution in [-0.4, -0.2) is 42.1 Å². The third-order valence-electron chi connectivity index (χ3n) is 3.20. The second kappa shape index (κ2) is 6.25. The molecule has 0 aliphatic carbocycles. The molecule has 1 atom stereocenters. The molecule has 0 saturated carbocycles. The fraction of sp³-hybridized carbons (Fsp3) is 0.357. The average Bonchev–Trinajstić information content (AvgIpc) is 2.85. The summed E-state index contributed by atoms with van der Waals surface area (Å²) in [6, 6.07) is 7.04. The number of hydrogen-bond donors (Lipinski definition) is 2. The molecule has 112 valence electrons. The van der Waals surface area contributed by atoms with Gasteiger partial charge in [-0.15, -0.1) is 0 Å². The van der Waals surface area contributed by atoms with Crippen molar-refractivity contribution in [3.63, 3.8) is 0 Å². The Balaban J connectivity index is 2.05. The van der Waals surface area contributed by atoms with Gasteiger partial charge in [0.25, 0.3) is 0 Å². The normalized spacial score (nSPS) is 18.6. The van der Waals surface area contributed by atoms with E-state index in [2.05, 4.69) is 10.5 Å². The summed E-state index contributed by atoms with van der Waals surface area (Å²) < 4.78 is 5.19. The van der Waals surface area contributed by atoms with E-state index in [-0.39, 0.29) is 12.0 Å². The van der Waals surface area contributed by atoms with Crippen molar-refractivity contribution >= 4 is 23.4 Å². The van der Waals surface area contributed by atoms with Gasteiger partial charge in [0.2, 0.25) is 5.91 Å². The molecule has 1 heterocycles. The smallest absolute Gasteiger partial charge is 0.414 e. The summed E-state index contributed by atoms with van der Waals surface area (Å²) in [6.45, 7) is 3.78. The van der Waals surface area contributed by atoms with Crippen molar-refractivity contribution in [3.05, 3.63) is 29.8 Å². The van der Waals surface area contributed by atoms with E-state index in [1.165, 1.54) is 11.8 Å². The Morgan fingerprint density at radius 2 is 2.10 bits per heavy atom. The first-order chi connectivity index (χ1) is 10.0. The highest BCUT2D eigenvalue weighted by atomic mass is 16.6. The van der Waals surface area contributed by atoms with E-state index in [1.807, 2.05) is 0 Å². The summed E-state index contributed by atoms with van der Waals surface area (Å²) in [7, 11) is 0. The van der Waals surface area contributed by atoms with Crippen molar-refractivity contribution in [2.45, 2.75) is 20.0 Å². The molecule has 1 saturated heterocycles. The van der Waals surface area contributed by atoms with Gasteiger partial charge in [0, 0.05) is 12.6 Å². The third kappa shape index (κ3) is 3.50. The number of hydrogen-bond acceptors (Lipinski definition) is 5. The Morgan fingerprint density at radius 1 is 1.43 bits per heavy atom. The molecule has 0 radical (unpaired) electrons. The summed E-state index contributed by atoms with van der Waals surface area (Å²) in [5.41, 5.74) is 1.96. The lowest BCUT2D eigenvalue weighted by molar-refractivity contribution is -0.119. The van der Waals surface area contributed by atoms with Crippen LogP contribution in [0.2, 0.25) is 0 Å². The van der Waals surface area contributed by atoms with Crippen molar-refractivity contribution in [2.24, 2.45) is 5.16 Å². The van der Waals surface area contributed by atoms with Gasteiger partial charge in [-0.2, -0.15) is 0 Å². The van der Waals surface area contributed by atoms with Crippen LogP contribution in [-0.2, 0) is 9.53 Å². The molecule has 0 aromatic heterocycles. The highest BCUT2D eigenvalue weighted by Gasteiger charge is 2.32. The quantitative estimate of drug-likeness (QED) is 0.497. The van der Waals surface area contributed by atoms with Gasteiger partial charge in [0.15, 0.2) is 0 Å². The number of amides is 2. The molecule has 21 heavy (non-hydrogen) atoms. The summed E-state index contributed by atoms with van der Waals surface area (Å²) in [4.78, 5) is 24.2. The van der Waals surface area contributed by atoms with E-state index < -0.39 is 6.09 Å². The first-order valence-corrected chi connectivity index (χ1v) is 6.53. The topological polar surface area (TPSA) is 91.2 Å². The standard InChI is InChI=1S/C14H17N3O4/c1-9(16-20)11-3-5-12(6-4-11)17-8-13(21-14(17)19)7-15-10(2)18/h3-6,13,20H,7-8H2,1-2H3,(H,15,18)/b16-9-/t13-/m0/s1. The maximum Gasteiger partial charge on any atom is 0.414 e. The van der Waals surface area contributed by atoms with E-state index in [4.69, 9.17) is 9.94 Å². The Bertz CT molecular complexity index is 568. The van der Waals surface area contributed by atoms with Crippen molar-refractivity contribution < 1.29 is 19.5 Å². The van der Waals surface area contributed by atoms with Crippen LogP contribution in [0.3, 0.4) is 0 Å². The Kier molecular flexibility index (Phi) is 4.42. The van der Waals surface area contributed by atoms with Gasteiger partial charge in [-0.1, -0.05) is 17.3 Å². The average molecular weight is 291 g/mol. The van der Waals surface area contributed by atoms with Gasteiger partial charge in [-0.05, 0) is 24.6 Å². The van der Waals surface area contributed by atoms with E-state index in [0.29, 0.717) is 24.5 Å². The third-order valence-corrected chi connectivity index (χ3v) is 3.20. The highest BCUT2D eigenvalue weighted by Crippen LogP contribution is 2.22. The van der Waals surface area contributed by atoms with Crippen LogP contribution in [0.5, 0.6) is 0 Å². The molecule has 0 bridgehead atoms. The molecule has 1 aromatic carbocycles.